The zero-order valence-electron chi connectivity index (χ0n) is 12.1. The summed E-state index contributed by atoms with van der Waals surface area (Å²) in [6.45, 7) is 2.64. The highest BCUT2D eigenvalue weighted by atomic mass is 16.5. The first kappa shape index (κ1) is 15.1. The smallest absolute Gasteiger partial charge is 0.238 e. The number of carbonyl (C=O) groups excluding carboxylic acids is 1. The molecular weight excluding hydrogens is 264 g/mol. The number of hydrogen-bond acceptors (Lipinski definition) is 3. The van der Waals surface area contributed by atoms with E-state index in [0.717, 1.165) is 23.3 Å². The predicted octanol–water partition coefficient (Wildman–Crippen LogP) is 2.36. The fourth-order valence-electron chi connectivity index (χ4n) is 1.98. The quantitative estimate of drug-likeness (QED) is 0.486. The van der Waals surface area contributed by atoms with Crippen LogP contribution in [-0.2, 0) is 24.2 Å². The summed E-state index contributed by atoms with van der Waals surface area (Å²) in [6.07, 6.45) is 1.31. The van der Waals surface area contributed by atoms with E-state index in [4.69, 9.17) is 10.6 Å². The number of rotatable bonds is 6. The first-order valence-corrected chi connectivity index (χ1v) is 7.00. The third kappa shape index (κ3) is 4.61. The minimum absolute atomic E-state index is 0.199. The Morgan fingerprint density at radius 3 is 2.14 bits per heavy atom. The summed E-state index contributed by atoms with van der Waals surface area (Å²) in [5.74, 6) is 5.72. The highest BCUT2D eigenvalue weighted by Crippen LogP contribution is 2.15. The molecule has 110 valence electrons. The molecular formula is C17H20N2O2. The molecule has 2 aromatic carbocycles. The first-order valence-electron chi connectivity index (χ1n) is 7.00. The molecule has 4 nitrogen and oxygen atoms in total. The Balaban J connectivity index is 1.89. The topological polar surface area (TPSA) is 64.3 Å². The maximum absolute atomic E-state index is 11.2. The Bertz CT molecular complexity index is 577. The van der Waals surface area contributed by atoms with Crippen molar-refractivity contribution in [3.05, 3.63) is 65.2 Å². The number of carbonyl (C=O) groups is 1. The molecule has 0 unspecified atom stereocenters. The standard InChI is InChI=1S/C17H20N2O2/c1-2-13-7-9-16(10-8-13)21-12-15-5-3-14(4-6-15)11-17(20)19-18/h3-10H,2,11-12,18H2,1H3,(H,19,20). The average molecular weight is 284 g/mol. The van der Waals surface area contributed by atoms with Crippen LogP contribution in [0.4, 0.5) is 0 Å². The monoisotopic (exact) mass is 284 g/mol. The van der Waals surface area contributed by atoms with Gasteiger partial charge in [0.25, 0.3) is 0 Å². The SMILES string of the molecule is CCc1ccc(OCc2ccc(CC(=O)NN)cc2)cc1. The molecule has 0 fully saturated rings. The number of nitrogens with one attached hydrogen (secondary N) is 1. The number of benzene rings is 2. The second kappa shape index (κ2) is 7.45. The van der Waals surface area contributed by atoms with E-state index in [0.29, 0.717) is 6.61 Å². The Morgan fingerprint density at radius 1 is 1.00 bits per heavy atom. The second-order valence-electron chi connectivity index (χ2n) is 4.85. The summed E-state index contributed by atoms with van der Waals surface area (Å²) in [6, 6.07) is 15.9. The van der Waals surface area contributed by atoms with Crippen LogP contribution in [0.2, 0.25) is 0 Å². The van der Waals surface area contributed by atoms with Crippen LogP contribution in [0.25, 0.3) is 0 Å². The van der Waals surface area contributed by atoms with Crippen molar-refractivity contribution in [3.63, 3.8) is 0 Å². The highest BCUT2D eigenvalue weighted by molar-refractivity contribution is 5.77. The lowest BCUT2D eigenvalue weighted by atomic mass is 10.1. The van der Waals surface area contributed by atoms with Crippen LogP contribution in [0.1, 0.15) is 23.6 Å². The number of amides is 1. The van der Waals surface area contributed by atoms with Gasteiger partial charge in [0.15, 0.2) is 0 Å². The summed E-state index contributed by atoms with van der Waals surface area (Å²) in [5, 5.41) is 0. The zero-order chi connectivity index (χ0) is 15.1. The van der Waals surface area contributed by atoms with E-state index in [-0.39, 0.29) is 12.3 Å². The molecule has 0 aliphatic rings. The molecule has 0 heterocycles. The summed E-state index contributed by atoms with van der Waals surface area (Å²) in [4.78, 5) is 11.2. The second-order valence-corrected chi connectivity index (χ2v) is 4.85. The fraction of sp³-hybridized carbons (Fsp3) is 0.235. The van der Waals surface area contributed by atoms with E-state index in [2.05, 4.69) is 24.5 Å². The minimum atomic E-state index is -0.199. The van der Waals surface area contributed by atoms with Crippen molar-refractivity contribution < 1.29 is 9.53 Å². The van der Waals surface area contributed by atoms with Gasteiger partial charge < -0.3 is 4.74 Å². The van der Waals surface area contributed by atoms with Crippen LogP contribution in [-0.4, -0.2) is 5.91 Å². The average Bonchev–Trinajstić information content (AvgIpc) is 2.54. The maximum Gasteiger partial charge on any atom is 0.238 e. The van der Waals surface area contributed by atoms with Crippen LogP contribution >= 0.6 is 0 Å². The van der Waals surface area contributed by atoms with Gasteiger partial charge >= 0.3 is 0 Å². The lowest BCUT2D eigenvalue weighted by Crippen LogP contribution is -2.31. The van der Waals surface area contributed by atoms with Crippen LogP contribution < -0.4 is 16.0 Å². The Hall–Kier alpha value is -2.33. The van der Waals surface area contributed by atoms with Gasteiger partial charge in [-0.25, -0.2) is 5.84 Å². The third-order valence-electron chi connectivity index (χ3n) is 3.29. The molecule has 1 amide bonds. The van der Waals surface area contributed by atoms with Crippen molar-refractivity contribution in [1.29, 1.82) is 0 Å². The third-order valence-corrected chi connectivity index (χ3v) is 3.29. The molecule has 0 aliphatic heterocycles. The molecule has 0 bridgehead atoms. The molecule has 21 heavy (non-hydrogen) atoms. The molecule has 0 saturated heterocycles. The fourth-order valence-corrected chi connectivity index (χ4v) is 1.98. The summed E-state index contributed by atoms with van der Waals surface area (Å²) in [7, 11) is 0. The van der Waals surface area contributed by atoms with Gasteiger partial charge in [-0.15, -0.1) is 0 Å². The predicted molar refractivity (Wildman–Crippen MR) is 82.6 cm³/mol. The summed E-state index contributed by atoms with van der Waals surface area (Å²) < 4.78 is 5.73. The van der Waals surface area contributed by atoms with Crippen molar-refractivity contribution in [2.75, 3.05) is 0 Å². The van der Waals surface area contributed by atoms with Crippen LogP contribution in [0.15, 0.2) is 48.5 Å². The van der Waals surface area contributed by atoms with Gasteiger partial charge in [0.1, 0.15) is 12.4 Å². The van der Waals surface area contributed by atoms with Crippen LogP contribution in [0.5, 0.6) is 5.75 Å². The van der Waals surface area contributed by atoms with Gasteiger partial charge in [-0.2, -0.15) is 0 Å². The first-order chi connectivity index (χ1) is 10.2. The van der Waals surface area contributed by atoms with Gasteiger partial charge in [0, 0.05) is 0 Å². The molecule has 0 aromatic heterocycles. The molecule has 0 atom stereocenters. The molecule has 4 heteroatoms. The van der Waals surface area contributed by atoms with E-state index in [1.54, 1.807) is 0 Å². The van der Waals surface area contributed by atoms with Crippen LogP contribution in [0.3, 0.4) is 0 Å². The molecule has 0 saturated carbocycles. The van der Waals surface area contributed by atoms with Gasteiger partial charge in [0.05, 0.1) is 6.42 Å². The molecule has 0 spiro atoms. The maximum atomic E-state index is 11.2. The largest absolute Gasteiger partial charge is 0.489 e. The number of hydrazine groups is 1. The van der Waals surface area contributed by atoms with E-state index in [1.165, 1.54) is 5.56 Å². The Labute approximate surface area is 124 Å². The Morgan fingerprint density at radius 2 is 1.57 bits per heavy atom. The van der Waals surface area contributed by atoms with E-state index in [9.17, 15) is 4.79 Å². The van der Waals surface area contributed by atoms with Gasteiger partial charge in [0.2, 0.25) is 5.91 Å². The number of nitrogens with two attached hydrogens (primary N) is 1. The van der Waals surface area contributed by atoms with Crippen molar-refractivity contribution in [2.45, 2.75) is 26.4 Å². The number of aryl methyl sites for hydroxylation is 1. The normalized spacial score (nSPS) is 10.2. The molecule has 3 N–H and O–H groups in total. The van der Waals surface area contributed by atoms with Crippen molar-refractivity contribution in [1.82, 2.24) is 5.43 Å². The lowest BCUT2D eigenvalue weighted by Gasteiger charge is -2.08. The summed E-state index contributed by atoms with van der Waals surface area (Å²) in [5.41, 5.74) is 5.40. The molecule has 0 radical (unpaired) electrons. The minimum Gasteiger partial charge on any atom is -0.489 e. The van der Waals surface area contributed by atoms with Gasteiger partial charge in [-0.3, -0.25) is 10.2 Å². The van der Waals surface area contributed by atoms with Crippen molar-refractivity contribution >= 4 is 5.91 Å². The number of hydrogen-bond donors (Lipinski definition) is 2. The van der Waals surface area contributed by atoms with Gasteiger partial charge in [-0.1, -0.05) is 43.3 Å². The number of ether oxygens (including phenoxy) is 1. The molecule has 0 aliphatic carbocycles. The summed E-state index contributed by atoms with van der Waals surface area (Å²) >= 11 is 0. The highest BCUT2D eigenvalue weighted by Gasteiger charge is 2.02. The van der Waals surface area contributed by atoms with Gasteiger partial charge in [-0.05, 0) is 35.2 Å². The van der Waals surface area contributed by atoms with Crippen molar-refractivity contribution in [2.24, 2.45) is 5.84 Å². The Kier molecular flexibility index (Phi) is 5.35. The van der Waals surface area contributed by atoms with Crippen molar-refractivity contribution in [3.8, 4) is 5.75 Å². The lowest BCUT2D eigenvalue weighted by molar-refractivity contribution is -0.120. The molecule has 2 rings (SSSR count). The van der Waals surface area contributed by atoms with E-state index in [1.807, 2.05) is 36.4 Å². The van der Waals surface area contributed by atoms with E-state index < -0.39 is 0 Å². The molecule has 2 aromatic rings. The van der Waals surface area contributed by atoms with Crippen LogP contribution in [0, 0.1) is 0 Å². The van der Waals surface area contributed by atoms with E-state index >= 15 is 0 Å². The zero-order valence-corrected chi connectivity index (χ0v) is 12.1.